The molecule has 14 heavy (non-hydrogen) atoms. The smallest absolute Gasteiger partial charge is 0.257 e. The Balaban J connectivity index is 2.77. The average Bonchev–Trinajstić information content (AvgIpc) is 2.67. The summed E-state index contributed by atoms with van der Waals surface area (Å²) in [4.78, 5) is 6.17. The maximum Gasteiger partial charge on any atom is 0.257 e. The lowest BCUT2D eigenvalue weighted by atomic mass is 10.3. The summed E-state index contributed by atoms with van der Waals surface area (Å²) >= 11 is 5.58. The van der Waals surface area contributed by atoms with Crippen LogP contribution in [0.2, 0.25) is 0 Å². The van der Waals surface area contributed by atoms with Gasteiger partial charge in [-0.05, 0) is 6.42 Å². The quantitative estimate of drug-likeness (QED) is 0.741. The number of nitrogens with one attached hydrogen (secondary N) is 2. The van der Waals surface area contributed by atoms with Crippen molar-refractivity contribution in [3.05, 3.63) is 12.5 Å². The van der Waals surface area contributed by atoms with Crippen LogP contribution in [0.25, 0.3) is 0 Å². The fourth-order valence-electron chi connectivity index (χ4n) is 0.897. The molecule has 1 unspecified atom stereocenters. The zero-order chi connectivity index (χ0) is 10.6. The SMILES string of the molecule is CCC(CCl)NS(=O)(=O)c1cnc[nH]1. The molecule has 0 radical (unpaired) electrons. The molecule has 0 spiro atoms. The van der Waals surface area contributed by atoms with Crippen LogP contribution in [0.1, 0.15) is 13.3 Å². The van der Waals surface area contributed by atoms with Crippen molar-refractivity contribution in [3.8, 4) is 0 Å². The van der Waals surface area contributed by atoms with Crippen LogP contribution >= 0.6 is 11.6 Å². The lowest BCUT2D eigenvalue weighted by Crippen LogP contribution is -2.35. The van der Waals surface area contributed by atoms with Gasteiger partial charge in [-0.1, -0.05) is 6.92 Å². The normalized spacial score (nSPS) is 14.1. The monoisotopic (exact) mass is 237 g/mol. The van der Waals surface area contributed by atoms with Gasteiger partial charge in [0, 0.05) is 11.9 Å². The third-order valence-electron chi connectivity index (χ3n) is 1.76. The minimum Gasteiger partial charge on any atom is -0.335 e. The van der Waals surface area contributed by atoms with Crippen molar-refractivity contribution < 1.29 is 8.42 Å². The van der Waals surface area contributed by atoms with Gasteiger partial charge in [-0.15, -0.1) is 11.6 Å². The topological polar surface area (TPSA) is 74.8 Å². The van der Waals surface area contributed by atoms with Crippen LogP contribution < -0.4 is 4.72 Å². The standard InChI is InChI=1S/C7H12ClN3O2S/c1-2-6(3-8)11-14(12,13)7-4-9-5-10-7/h4-6,11H,2-3H2,1H3,(H,9,10). The van der Waals surface area contributed by atoms with E-state index in [0.29, 0.717) is 6.42 Å². The number of aromatic nitrogens is 2. The molecule has 5 nitrogen and oxygen atoms in total. The lowest BCUT2D eigenvalue weighted by molar-refractivity contribution is 0.554. The van der Waals surface area contributed by atoms with E-state index in [-0.39, 0.29) is 16.9 Å². The first-order chi connectivity index (χ1) is 6.60. The number of H-pyrrole nitrogens is 1. The van der Waals surface area contributed by atoms with E-state index in [2.05, 4.69) is 14.7 Å². The largest absolute Gasteiger partial charge is 0.335 e. The number of nitrogens with zero attached hydrogens (tertiary/aromatic N) is 1. The highest BCUT2D eigenvalue weighted by molar-refractivity contribution is 7.89. The van der Waals surface area contributed by atoms with Gasteiger partial charge in [0.05, 0.1) is 12.5 Å². The summed E-state index contributed by atoms with van der Waals surface area (Å²) in [5, 5.41) is 0.0565. The number of halogens is 1. The molecule has 0 aliphatic carbocycles. The molecule has 0 amide bonds. The Kier molecular flexibility index (Phi) is 3.91. The number of aromatic amines is 1. The fraction of sp³-hybridized carbons (Fsp3) is 0.571. The third kappa shape index (κ3) is 2.70. The summed E-state index contributed by atoms with van der Waals surface area (Å²) in [6, 6.07) is -0.245. The zero-order valence-electron chi connectivity index (χ0n) is 7.70. The predicted molar refractivity (Wildman–Crippen MR) is 53.7 cm³/mol. The van der Waals surface area contributed by atoms with Crippen LogP contribution in [0.5, 0.6) is 0 Å². The molecule has 0 saturated heterocycles. The first-order valence-corrected chi connectivity index (χ1v) is 6.18. The summed E-state index contributed by atoms with van der Waals surface area (Å²) in [6.45, 7) is 1.86. The molecule has 1 aromatic heterocycles. The van der Waals surface area contributed by atoms with E-state index in [1.165, 1.54) is 12.5 Å². The third-order valence-corrected chi connectivity index (χ3v) is 3.58. The summed E-state index contributed by atoms with van der Waals surface area (Å²) in [5.41, 5.74) is 0. The highest BCUT2D eigenvalue weighted by Crippen LogP contribution is 2.05. The van der Waals surface area contributed by atoms with Crippen molar-refractivity contribution in [1.82, 2.24) is 14.7 Å². The highest BCUT2D eigenvalue weighted by atomic mass is 35.5. The number of hydrogen-bond acceptors (Lipinski definition) is 3. The number of hydrogen-bond donors (Lipinski definition) is 2. The first kappa shape index (κ1) is 11.5. The van der Waals surface area contributed by atoms with E-state index in [1.54, 1.807) is 0 Å². The van der Waals surface area contributed by atoms with Crippen molar-refractivity contribution in [2.24, 2.45) is 0 Å². The molecule has 1 heterocycles. The van der Waals surface area contributed by atoms with Crippen molar-refractivity contribution in [2.45, 2.75) is 24.4 Å². The van der Waals surface area contributed by atoms with Crippen molar-refractivity contribution in [3.63, 3.8) is 0 Å². The Hall–Kier alpha value is -0.590. The Bertz CT molecular complexity index is 358. The maximum atomic E-state index is 11.6. The van der Waals surface area contributed by atoms with Crippen molar-refractivity contribution in [2.75, 3.05) is 5.88 Å². The summed E-state index contributed by atoms with van der Waals surface area (Å²) in [5.74, 6) is 0.254. The van der Waals surface area contributed by atoms with Crippen LogP contribution in [0.4, 0.5) is 0 Å². The lowest BCUT2D eigenvalue weighted by Gasteiger charge is -2.12. The molecule has 1 rings (SSSR count). The number of sulfonamides is 1. The molecule has 0 saturated carbocycles. The highest BCUT2D eigenvalue weighted by Gasteiger charge is 2.19. The number of imidazole rings is 1. The molecular weight excluding hydrogens is 226 g/mol. The minimum absolute atomic E-state index is 0.0565. The van der Waals surface area contributed by atoms with Crippen LogP contribution in [-0.4, -0.2) is 30.3 Å². The van der Waals surface area contributed by atoms with E-state index >= 15 is 0 Å². The van der Waals surface area contributed by atoms with Crippen LogP contribution in [-0.2, 0) is 10.0 Å². The van der Waals surface area contributed by atoms with Gasteiger partial charge in [0.1, 0.15) is 0 Å². The maximum absolute atomic E-state index is 11.6. The predicted octanol–water partition coefficient (Wildman–Crippen LogP) is 0.705. The Labute approximate surface area is 87.9 Å². The molecule has 1 atom stereocenters. The minimum atomic E-state index is -3.49. The van der Waals surface area contributed by atoms with Crippen LogP contribution in [0.15, 0.2) is 17.6 Å². The van der Waals surface area contributed by atoms with Gasteiger partial charge in [0.2, 0.25) is 0 Å². The van der Waals surface area contributed by atoms with Crippen molar-refractivity contribution in [1.29, 1.82) is 0 Å². The second-order valence-corrected chi connectivity index (χ2v) is 4.79. The summed E-state index contributed by atoms with van der Waals surface area (Å²) in [7, 11) is -3.49. The Morgan fingerprint density at radius 3 is 2.86 bits per heavy atom. The van der Waals surface area contributed by atoms with E-state index < -0.39 is 10.0 Å². The molecule has 80 valence electrons. The van der Waals surface area contributed by atoms with Crippen molar-refractivity contribution >= 4 is 21.6 Å². The molecule has 0 aromatic carbocycles. The van der Waals surface area contributed by atoms with Crippen LogP contribution in [0.3, 0.4) is 0 Å². The molecule has 0 bridgehead atoms. The van der Waals surface area contributed by atoms with E-state index in [4.69, 9.17) is 11.6 Å². The molecule has 2 N–H and O–H groups in total. The van der Waals surface area contributed by atoms with E-state index in [9.17, 15) is 8.42 Å². The van der Waals surface area contributed by atoms with Crippen LogP contribution in [0, 0.1) is 0 Å². The zero-order valence-corrected chi connectivity index (χ0v) is 9.27. The average molecular weight is 238 g/mol. The summed E-state index contributed by atoms with van der Waals surface area (Å²) in [6.07, 6.45) is 3.22. The second-order valence-electron chi connectivity index (χ2n) is 2.80. The van der Waals surface area contributed by atoms with Gasteiger partial charge in [0.15, 0.2) is 5.03 Å². The van der Waals surface area contributed by atoms with Gasteiger partial charge in [-0.2, -0.15) is 0 Å². The van der Waals surface area contributed by atoms with Gasteiger partial charge in [-0.25, -0.2) is 18.1 Å². The van der Waals surface area contributed by atoms with E-state index in [0.717, 1.165) is 0 Å². The first-order valence-electron chi connectivity index (χ1n) is 4.16. The van der Waals surface area contributed by atoms with Gasteiger partial charge in [-0.3, -0.25) is 0 Å². The molecule has 0 fully saturated rings. The van der Waals surface area contributed by atoms with Gasteiger partial charge >= 0.3 is 0 Å². The molecular formula is C7H12ClN3O2S. The van der Waals surface area contributed by atoms with E-state index in [1.807, 2.05) is 6.92 Å². The molecule has 0 aliphatic heterocycles. The molecule has 1 aromatic rings. The molecule has 7 heteroatoms. The fourth-order valence-corrected chi connectivity index (χ4v) is 2.51. The number of alkyl halides is 1. The Morgan fingerprint density at radius 1 is 1.71 bits per heavy atom. The van der Waals surface area contributed by atoms with Gasteiger partial charge in [0.25, 0.3) is 10.0 Å². The second kappa shape index (κ2) is 4.77. The summed E-state index contributed by atoms with van der Waals surface area (Å²) < 4.78 is 25.6. The number of rotatable bonds is 5. The Morgan fingerprint density at radius 2 is 2.43 bits per heavy atom. The molecule has 0 aliphatic rings. The van der Waals surface area contributed by atoms with Gasteiger partial charge < -0.3 is 4.98 Å².